The predicted octanol–water partition coefficient (Wildman–Crippen LogP) is 2.53. The molecule has 0 radical (unpaired) electrons. The van der Waals surface area contributed by atoms with Crippen LogP contribution in [-0.2, 0) is 0 Å². The molecule has 1 N–H and O–H groups in total. The largest absolute Gasteiger partial charge is 0.352 e. The van der Waals surface area contributed by atoms with Crippen LogP contribution in [0.1, 0.15) is 35.8 Å². The number of nitrogens with zero attached hydrogens (tertiary/aromatic N) is 1. The lowest BCUT2D eigenvalue weighted by atomic mass is 10.2. The molecule has 0 aliphatic rings. The molecule has 0 aromatic carbocycles. The van der Waals surface area contributed by atoms with Crippen molar-refractivity contribution in [1.82, 2.24) is 10.3 Å². The van der Waals surface area contributed by atoms with Crippen molar-refractivity contribution >= 4 is 17.5 Å². The molecule has 0 aliphatic carbocycles. The standard InChI is InChI=1S/C12H17ClN2O/c1-3-11(13)5-7-15-12(16)10-4-6-14-9(2)8-10/h4,6,8,11H,3,5,7H2,1-2H3,(H,15,16). The molecular weight excluding hydrogens is 224 g/mol. The van der Waals surface area contributed by atoms with E-state index >= 15 is 0 Å². The Morgan fingerprint density at radius 1 is 1.62 bits per heavy atom. The molecule has 16 heavy (non-hydrogen) atoms. The summed E-state index contributed by atoms with van der Waals surface area (Å²) >= 11 is 5.96. The third-order valence-corrected chi connectivity index (χ3v) is 2.87. The van der Waals surface area contributed by atoms with Crippen LogP contribution < -0.4 is 5.32 Å². The Morgan fingerprint density at radius 2 is 2.38 bits per heavy atom. The fourth-order valence-electron chi connectivity index (χ4n) is 1.34. The Hall–Kier alpha value is -1.09. The number of carbonyl (C=O) groups is 1. The first kappa shape index (κ1) is 13.0. The Kier molecular flexibility index (Phi) is 5.26. The molecule has 1 aromatic heterocycles. The van der Waals surface area contributed by atoms with Crippen LogP contribution in [0.2, 0.25) is 0 Å². The van der Waals surface area contributed by atoms with Gasteiger partial charge < -0.3 is 5.32 Å². The molecule has 0 saturated carbocycles. The van der Waals surface area contributed by atoms with Crippen molar-refractivity contribution in [3.63, 3.8) is 0 Å². The summed E-state index contributed by atoms with van der Waals surface area (Å²) in [5, 5.41) is 2.98. The van der Waals surface area contributed by atoms with E-state index in [1.54, 1.807) is 18.3 Å². The highest BCUT2D eigenvalue weighted by atomic mass is 35.5. The van der Waals surface area contributed by atoms with Crippen LogP contribution in [0.3, 0.4) is 0 Å². The summed E-state index contributed by atoms with van der Waals surface area (Å²) in [5.74, 6) is -0.0644. The van der Waals surface area contributed by atoms with Crippen molar-refractivity contribution in [2.75, 3.05) is 6.54 Å². The van der Waals surface area contributed by atoms with Crippen LogP contribution in [0.25, 0.3) is 0 Å². The Morgan fingerprint density at radius 3 is 3.00 bits per heavy atom. The molecule has 1 aromatic rings. The van der Waals surface area contributed by atoms with Crippen molar-refractivity contribution in [2.24, 2.45) is 0 Å². The zero-order valence-electron chi connectivity index (χ0n) is 9.66. The van der Waals surface area contributed by atoms with Crippen molar-refractivity contribution in [3.05, 3.63) is 29.6 Å². The fourth-order valence-corrected chi connectivity index (χ4v) is 1.44. The van der Waals surface area contributed by atoms with Gasteiger partial charge in [0.15, 0.2) is 0 Å². The van der Waals surface area contributed by atoms with Crippen LogP contribution in [0.4, 0.5) is 0 Å². The predicted molar refractivity (Wildman–Crippen MR) is 65.9 cm³/mol. The summed E-state index contributed by atoms with van der Waals surface area (Å²) in [6, 6.07) is 3.48. The number of amides is 1. The molecule has 88 valence electrons. The van der Waals surface area contributed by atoms with Gasteiger partial charge in [0.1, 0.15) is 0 Å². The first-order valence-electron chi connectivity index (χ1n) is 5.48. The minimum atomic E-state index is -0.0644. The Bertz CT molecular complexity index is 355. The summed E-state index contributed by atoms with van der Waals surface area (Å²) in [6.07, 6.45) is 3.36. The van der Waals surface area contributed by atoms with E-state index in [4.69, 9.17) is 11.6 Å². The lowest BCUT2D eigenvalue weighted by Crippen LogP contribution is -2.26. The molecule has 0 aliphatic heterocycles. The van der Waals surface area contributed by atoms with E-state index in [1.807, 2.05) is 13.8 Å². The number of hydrogen-bond donors (Lipinski definition) is 1. The molecule has 3 nitrogen and oxygen atoms in total. The van der Waals surface area contributed by atoms with Crippen molar-refractivity contribution < 1.29 is 4.79 Å². The van der Waals surface area contributed by atoms with E-state index in [1.165, 1.54) is 0 Å². The van der Waals surface area contributed by atoms with Crippen LogP contribution in [-0.4, -0.2) is 22.8 Å². The van der Waals surface area contributed by atoms with Crippen LogP contribution in [0, 0.1) is 6.92 Å². The molecular formula is C12H17ClN2O. The summed E-state index contributed by atoms with van der Waals surface area (Å²) in [4.78, 5) is 15.7. The molecule has 1 amide bonds. The molecule has 1 atom stereocenters. The average molecular weight is 241 g/mol. The van der Waals surface area contributed by atoms with Crippen LogP contribution in [0.5, 0.6) is 0 Å². The van der Waals surface area contributed by atoms with Crippen LogP contribution in [0.15, 0.2) is 18.3 Å². The number of nitrogens with one attached hydrogen (secondary N) is 1. The molecule has 0 bridgehead atoms. The minimum absolute atomic E-state index is 0.0644. The number of carbonyl (C=O) groups excluding carboxylic acids is 1. The maximum Gasteiger partial charge on any atom is 0.251 e. The van der Waals surface area contributed by atoms with Gasteiger partial charge in [0.05, 0.1) is 0 Å². The van der Waals surface area contributed by atoms with E-state index in [9.17, 15) is 4.79 Å². The lowest BCUT2D eigenvalue weighted by Gasteiger charge is -2.08. The number of aromatic nitrogens is 1. The smallest absolute Gasteiger partial charge is 0.251 e. The second kappa shape index (κ2) is 6.48. The highest BCUT2D eigenvalue weighted by molar-refractivity contribution is 6.20. The van der Waals surface area contributed by atoms with Gasteiger partial charge in [0.25, 0.3) is 5.91 Å². The molecule has 1 unspecified atom stereocenters. The fraction of sp³-hybridized carbons (Fsp3) is 0.500. The number of pyridine rings is 1. The van der Waals surface area contributed by atoms with Gasteiger partial charge in [-0.3, -0.25) is 9.78 Å². The minimum Gasteiger partial charge on any atom is -0.352 e. The third-order valence-electron chi connectivity index (χ3n) is 2.34. The number of alkyl halides is 1. The van der Waals surface area contributed by atoms with Crippen LogP contribution >= 0.6 is 11.6 Å². The second-order valence-corrected chi connectivity index (χ2v) is 4.35. The van der Waals surface area contributed by atoms with Gasteiger partial charge in [-0.05, 0) is 31.9 Å². The topological polar surface area (TPSA) is 42.0 Å². The Labute approximate surface area is 101 Å². The first-order valence-corrected chi connectivity index (χ1v) is 5.92. The van der Waals surface area contributed by atoms with Gasteiger partial charge in [0, 0.05) is 29.4 Å². The van der Waals surface area contributed by atoms with Gasteiger partial charge in [-0.2, -0.15) is 0 Å². The van der Waals surface area contributed by atoms with E-state index in [0.29, 0.717) is 12.1 Å². The molecule has 1 rings (SSSR count). The third kappa shape index (κ3) is 4.19. The average Bonchev–Trinajstić information content (AvgIpc) is 2.28. The number of halogens is 1. The van der Waals surface area contributed by atoms with Gasteiger partial charge >= 0.3 is 0 Å². The Balaban J connectivity index is 2.41. The quantitative estimate of drug-likeness (QED) is 0.804. The molecule has 0 spiro atoms. The van der Waals surface area contributed by atoms with E-state index in [-0.39, 0.29) is 11.3 Å². The molecule has 4 heteroatoms. The highest BCUT2D eigenvalue weighted by Gasteiger charge is 2.06. The summed E-state index contributed by atoms with van der Waals surface area (Å²) < 4.78 is 0. The van der Waals surface area contributed by atoms with E-state index in [2.05, 4.69) is 10.3 Å². The second-order valence-electron chi connectivity index (χ2n) is 3.74. The first-order chi connectivity index (χ1) is 7.63. The number of aryl methyl sites for hydroxylation is 1. The monoisotopic (exact) mass is 240 g/mol. The van der Waals surface area contributed by atoms with Gasteiger partial charge in [-0.1, -0.05) is 6.92 Å². The molecule has 1 heterocycles. The SMILES string of the molecule is CCC(Cl)CCNC(=O)c1ccnc(C)c1. The maximum absolute atomic E-state index is 11.7. The van der Waals surface area contributed by atoms with E-state index in [0.717, 1.165) is 18.5 Å². The van der Waals surface area contributed by atoms with E-state index < -0.39 is 0 Å². The highest BCUT2D eigenvalue weighted by Crippen LogP contribution is 2.05. The zero-order valence-corrected chi connectivity index (χ0v) is 10.4. The number of hydrogen-bond acceptors (Lipinski definition) is 2. The zero-order chi connectivity index (χ0) is 12.0. The van der Waals surface area contributed by atoms with Gasteiger partial charge in [-0.15, -0.1) is 11.6 Å². The normalized spacial score (nSPS) is 12.2. The summed E-state index contributed by atoms with van der Waals surface area (Å²) in [6.45, 7) is 4.51. The molecule has 0 saturated heterocycles. The summed E-state index contributed by atoms with van der Waals surface area (Å²) in [5.41, 5.74) is 1.49. The van der Waals surface area contributed by atoms with Crippen molar-refractivity contribution in [1.29, 1.82) is 0 Å². The maximum atomic E-state index is 11.7. The van der Waals surface area contributed by atoms with Gasteiger partial charge in [-0.25, -0.2) is 0 Å². The molecule has 0 fully saturated rings. The summed E-state index contributed by atoms with van der Waals surface area (Å²) in [7, 11) is 0. The van der Waals surface area contributed by atoms with Crippen molar-refractivity contribution in [3.8, 4) is 0 Å². The lowest BCUT2D eigenvalue weighted by molar-refractivity contribution is 0.0953. The van der Waals surface area contributed by atoms with Gasteiger partial charge in [0.2, 0.25) is 0 Å². The number of rotatable bonds is 5. The van der Waals surface area contributed by atoms with Crippen molar-refractivity contribution in [2.45, 2.75) is 32.1 Å².